The number of rotatable bonds is 2. The van der Waals surface area contributed by atoms with Gasteiger partial charge in [-0.3, -0.25) is 0 Å². The Labute approximate surface area is 109 Å². The van der Waals surface area contributed by atoms with E-state index in [-0.39, 0.29) is 5.82 Å². The lowest BCUT2D eigenvalue weighted by molar-refractivity contribution is 0.628. The summed E-state index contributed by atoms with van der Waals surface area (Å²) >= 11 is 3.41. The highest BCUT2D eigenvalue weighted by molar-refractivity contribution is 9.10. The molecule has 0 atom stereocenters. The van der Waals surface area contributed by atoms with Gasteiger partial charge in [0, 0.05) is 15.8 Å². The fourth-order valence-corrected chi connectivity index (χ4v) is 2.05. The van der Waals surface area contributed by atoms with E-state index in [0.717, 1.165) is 21.3 Å². The van der Waals surface area contributed by atoms with Crippen molar-refractivity contribution < 1.29 is 4.39 Å². The molecule has 0 heterocycles. The number of anilines is 2. The number of hydrogen-bond donors (Lipinski definition) is 1. The molecule has 0 unspecified atom stereocenters. The number of hydrogen-bond acceptors (Lipinski definition) is 1. The SMILES string of the molecule is [CH2]c1ccc(F)cc1Nc1ccc(Br)cc1C. The summed E-state index contributed by atoms with van der Waals surface area (Å²) < 4.78 is 14.2. The van der Waals surface area contributed by atoms with E-state index in [0.29, 0.717) is 5.69 Å². The Morgan fingerprint density at radius 1 is 1.12 bits per heavy atom. The van der Waals surface area contributed by atoms with Crippen molar-refractivity contribution in [3.05, 3.63) is 64.7 Å². The third kappa shape index (κ3) is 2.86. The normalized spacial score (nSPS) is 10.4. The summed E-state index contributed by atoms with van der Waals surface area (Å²) in [4.78, 5) is 0. The van der Waals surface area contributed by atoms with Gasteiger partial charge in [0.15, 0.2) is 0 Å². The van der Waals surface area contributed by atoms with Crippen molar-refractivity contribution in [2.45, 2.75) is 6.92 Å². The topological polar surface area (TPSA) is 12.0 Å². The molecule has 0 amide bonds. The van der Waals surface area contributed by atoms with Crippen LogP contribution in [0.5, 0.6) is 0 Å². The van der Waals surface area contributed by atoms with Crippen LogP contribution in [0, 0.1) is 19.7 Å². The Balaban J connectivity index is 2.34. The first-order chi connectivity index (χ1) is 8.06. The van der Waals surface area contributed by atoms with E-state index < -0.39 is 0 Å². The van der Waals surface area contributed by atoms with Crippen LogP contribution in [0.15, 0.2) is 40.9 Å². The third-order valence-electron chi connectivity index (χ3n) is 2.53. The van der Waals surface area contributed by atoms with Gasteiger partial charge in [-0.1, -0.05) is 22.0 Å². The number of benzene rings is 2. The van der Waals surface area contributed by atoms with Crippen LogP contribution in [0.1, 0.15) is 11.1 Å². The minimum Gasteiger partial charge on any atom is -0.355 e. The molecule has 2 aromatic carbocycles. The van der Waals surface area contributed by atoms with E-state index in [4.69, 9.17) is 0 Å². The maximum atomic E-state index is 13.1. The molecule has 2 aromatic rings. The average Bonchev–Trinajstić information content (AvgIpc) is 2.27. The molecule has 1 radical (unpaired) electrons. The maximum Gasteiger partial charge on any atom is 0.125 e. The van der Waals surface area contributed by atoms with Crippen LogP contribution in [-0.4, -0.2) is 0 Å². The molecule has 0 aliphatic rings. The molecule has 3 heteroatoms. The van der Waals surface area contributed by atoms with Gasteiger partial charge in [0.25, 0.3) is 0 Å². The molecule has 17 heavy (non-hydrogen) atoms. The zero-order chi connectivity index (χ0) is 12.4. The first-order valence-electron chi connectivity index (χ1n) is 5.21. The fourth-order valence-electron chi connectivity index (χ4n) is 1.58. The van der Waals surface area contributed by atoms with Crippen LogP contribution < -0.4 is 5.32 Å². The van der Waals surface area contributed by atoms with Crippen molar-refractivity contribution in [2.24, 2.45) is 0 Å². The lowest BCUT2D eigenvalue weighted by atomic mass is 10.1. The maximum absolute atomic E-state index is 13.1. The molecule has 2 rings (SSSR count). The smallest absolute Gasteiger partial charge is 0.125 e. The van der Waals surface area contributed by atoms with Gasteiger partial charge in [-0.2, -0.15) is 0 Å². The predicted molar refractivity (Wildman–Crippen MR) is 73.0 cm³/mol. The molecule has 0 aliphatic heterocycles. The second-order valence-corrected chi connectivity index (χ2v) is 4.80. The van der Waals surface area contributed by atoms with Crippen molar-refractivity contribution in [2.75, 3.05) is 5.32 Å². The number of halogens is 2. The Hall–Kier alpha value is -1.35. The van der Waals surface area contributed by atoms with Crippen molar-refractivity contribution in [1.82, 2.24) is 0 Å². The molecular formula is C14H12BrFN. The minimum absolute atomic E-state index is 0.269. The summed E-state index contributed by atoms with van der Waals surface area (Å²) in [5.41, 5.74) is 3.50. The molecule has 87 valence electrons. The largest absolute Gasteiger partial charge is 0.355 e. The van der Waals surface area contributed by atoms with Gasteiger partial charge >= 0.3 is 0 Å². The molecule has 0 aromatic heterocycles. The summed E-state index contributed by atoms with van der Waals surface area (Å²) in [7, 11) is 0. The summed E-state index contributed by atoms with van der Waals surface area (Å²) in [6.07, 6.45) is 0. The van der Waals surface area contributed by atoms with Gasteiger partial charge < -0.3 is 5.32 Å². The van der Waals surface area contributed by atoms with Crippen LogP contribution in [0.3, 0.4) is 0 Å². The summed E-state index contributed by atoms with van der Waals surface area (Å²) in [5, 5.41) is 3.19. The Morgan fingerprint density at radius 3 is 2.59 bits per heavy atom. The Morgan fingerprint density at radius 2 is 1.88 bits per heavy atom. The zero-order valence-corrected chi connectivity index (χ0v) is 11.0. The van der Waals surface area contributed by atoms with Crippen LogP contribution >= 0.6 is 15.9 Å². The summed E-state index contributed by atoms with van der Waals surface area (Å²) in [6.45, 7) is 5.86. The highest BCUT2D eigenvalue weighted by Crippen LogP contribution is 2.26. The molecule has 1 N–H and O–H groups in total. The lowest BCUT2D eigenvalue weighted by Gasteiger charge is -2.12. The standard InChI is InChI=1S/C14H12BrFN/c1-9-3-5-12(16)8-14(9)17-13-6-4-11(15)7-10(13)2/h3-8,17H,1H2,2H3. The summed E-state index contributed by atoms with van der Waals surface area (Å²) in [6, 6.07) is 10.4. The van der Waals surface area contributed by atoms with Crippen molar-refractivity contribution in [3.63, 3.8) is 0 Å². The first kappa shape index (κ1) is 12.1. The highest BCUT2D eigenvalue weighted by atomic mass is 79.9. The van der Waals surface area contributed by atoms with Crippen molar-refractivity contribution in [1.29, 1.82) is 0 Å². The average molecular weight is 293 g/mol. The molecule has 0 saturated heterocycles. The van der Waals surface area contributed by atoms with E-state index >= 15 is 0 Å². The Bertz CT molecular complexity index is 552. The van der Waals surface area contributed by atoms with Gasteiger partial charge in [0.05, 0.1) is 0 Å². The highest BCUT2D eigenvalue weighted by Gasteiger charge is 2.03. The zero-order valence-electron chi connectivity index (χ0n) is 9.43. The first-order valence-corrected chi connectivity index (χ1v) is 6.00. The van der Waals surface area contributed by atoms with Gasteiger partial charge in [0.2, 0.25) is 0 Å². The molecule has 0 spiro atoms. The quantitative estimate of drug-likeness (QED) is 0.836. The van der Waals surface area contributed by atoms with Crippen LogP contribution in [0.4, 0.5) is 15.8 Å². The van der Waals surface area contributed by atoms with E-state index in [1.54, 1.807) is 6.07 Å². The third-order valence-corrected chi connectivity index (χ3v) is 3.02. The second kappa shape index (κ2) is 4.88. The predicted octanol–water partition coefficient (Wildman–Crippen LogP) is 4.82. The second-order valence-electron chi connectivity index (χ2n) is 3.89. The van der Waals surface area contributed by atoms with Crippen LogP contribution in [-0.2, 0) is 0 Å². The summed E-state index contributed by atoms with van der Waals surface area (Å²) in [5.74, 6) is -0.269. The van der Waals surface area contributed by atoms with Crippen LogP contribution in [0.25, 0.3) is 0 Å². The fraction of sp³-hybridized carbons (Fsp3) is 0.0714. The minimum atomic E-state index is -0.269. The van der Waals surface area contributed by atoms with E-state index in [1.165, 1.54) is 12.1 Å². The molecular weight excluding hydrogens is 281 g/mol. The van der Waals surface area contributed by atoms with Gasteiger partial charge in [-0.15, -0.1) is 0 Å². The monoisotopic (exact) mass is 292 g/mol. The van der Waals surface area contributed by atoms with E-state index in [9.17, 15) is 4.39 Å². The van der Waals surface area contributed by atoms with Gasteiger partial charge in [0.1, 0.15) is 5.82 Å². The van der Waals surface area contributed by atoms with E-state index in [2.05, 4.69) is 28.2 Å². The number of nitrogens with one attached hydrogen (secondary N) is 1. The van der Waals surface area contributed by atoms with Gasteiger partial charge in [-0.25, -0.2) is 4.39 Å². The molecule has 0 aliphatic carbocycles. The van der Waals surface area contributed by atoms with Crippen molar-refractivity contribution in [3.8, 4) is 0 Å². The Kier molecular flexibility index (Phi) is 3.48. The number of aryl methyl sites for hydroxylation is 1. The molecule has 0 saturated carbocycles. The molecule has 1 nitrogen and oxygen atoms in total. The van der Waals surface area contributed by atoms with Gasteiger partial charge in [-0.05, 0) is 55.3 Å². The molecule has 0 bridgehead atoms. The van der Waals surface area contributed by atoms with Crippen LogP contribution in [0.2, 0.25) is 0 Å². The molecule has 0 fully saturated rings. The lowest BCUT2D eigenvalue weighted by Crippen LogP contribution is -1.96. The van der Waals surface area contributed by atoms with E-state index in [1.807, 2.05) is 25.1 Å². The van der Waals surface area contributed by atoms with Crippen molar-refractivity contribution >= 4 is 27.3 Å².